The van der Waals surface area contributed by atoms with Crippen LogP contribution in [0.4, 0.5) is 0 Å². The predicted molar refractivity (Wildman–Crippen MR) is 54.7 cm³/mol. The van der Waals surface area contributed by atoms with Gasteiger partial charge in [-0.2, -0.15) is 0 Å². The zero-order chi connectivity index (χ0) is 9.90. The van der Waals surface area contributed by atoms with Gasteiger partial charge in [0, 0.05) is 19.2 Å². The average molecular weight is 186 g/mol. The SMILES string of the molecule is CCN(CC1(N)CCOC1)C(C)C. The molecule has 1 fully saturated rings. The molecule has 0 aliphatic carbocycles. The van der Waals surface area contributed by atoms with Crippen LogP contribution in [0.15, 0.2) is 0 Å². The maximum absolute atomic E-state index is 6.21. The molecule has 0 radical (unpaired) electrons. The van der Waals surface area contributed by atoms with Crippen LogP contribution in [-0.2, 0) is 4.74 Å². The molecule has 3 heteroatoms. The highest BCUT2D eigenvalue weighted by Gasteiger charge is 2.32. The van der Waals surface area contributed by atoms with Crippen molar-refractivity contribution in [3.63, 3.8) is 0 Å². The number of rotatable bonds is 4. The van der Waals surface area contributed by atoms with Gasteiger partial charge < -0.3 is 10.5 Å². The van der Waals surface area contributed by atoms with Crippen LogP contribution in [0, 0.1) is 0 Å². The zero-order valence-electron chi connectivity index (χ0n) is 9.05. The lowest BCUT2D eigenvalue weighted by Crippen LogP contribution is -2.52. The molecule has 3 nitrogen and oxygen atoms in total. The Bertz CT molecular complexity index is 153. The molecule has 0 aromatic rings. The summed E-state index contributed by atoms with van der Waals surface area (Å²) in [6.45, 7) is 10.2. The van der Waals surface area contributed by atoms with Crippen LogP contribution in [0.3, 0.4) is 0 Å². The normalized spacial score (nSPS) is 29.1. The lowest BCUT2D eigenvalue weighted by molar-refractivity contribution is 0.141. The summed E-state index contributed by atoms with van der Waals surface area (Å²) in [7, 11) is 0. The standard InChI is InChI=1S/C10H22N2O/c1-4-12(9(2)3)7-10(11)5-6-13-8-10/h9H,4-8,11H2,1-3H3. The molecule has 2 N–H and O–H groups in total. The molecular formula is C10H22N2O. The van der Waals surface area contributed by atoms with Crippen molar-refractivity contribution < 1.29 is 4.74 Å². The molecule has 1 atom stereocenters. The number of likely N-dealkylation sites (N-methyl/N-ethyl adjacent to an activating group) is 1. The molecule has 1 saturated heterocycles. The van der Waals surface area contributed by atoms with Gasteiger partial charge in [-0.15, -0.1) is 0 Å². The molecular weight excluding hydrogens is 164 g/mol. The number of hydrogen-bond acceptors (Lipinski definition) is 3. The van der Waals surface area contributed by atoms with Crippen LogP contribution in [0.1, 0.15) is 27.2 Å². The van der Waals surface area contributed by atoms with Crippen molar-refractivity contribution in [1.82, 2.24) is 4.90 Å². The third-order valence-corrected chi connectivity index (χ3v) is 2.79. The fourth-order valence-electron chi connectivity index (χ4n) is 1.81. The van der Waals surface area contributed by atoms with Gasteiger partial charge in [0.15, 0.2) is 0 Å². The van der Waals surface area contributed by atoms with Crippen molar-refractivity contribution in [3.05, 3.63) is 0 Å². The molecule has 1 rings (SSSR count). The van der Waals surface area contributed by atoms with E-state index in [0.717, 1.165) is 32.7 Å². The van der Waals surface area contributed by atoms with Crippen molar-refractivity contribution in [1.29, 1.82) is 0 Å². The Morgan fingerprint density at radius 2 is 2.23 bits per heavy atom. The largest absolute Gasteiger partial charge is 0.379 e. The van der Waals surface area contributed by atoms with Crippen LogP contribution in [0.5, 0.6) is 0 Å². The highest BCUT2D eigenvalue weighted by atomic mass is 16.5. The predicted octanol–water partition coefficient (Wildman–Crippen LogP) is 0.834. The van der Waals surface area contributed by atoms with Crippen molar-refractivity contribution >= 4 is 0 Å². The number of hydrogen-bond donors (Lipinski definition) is 1. The first-order valence-corrected chi connectivity index (χ1v) is 5.18. The molecule has 0 saturated carbocycles. The minimum Gasteiger partial charge on any atom is -0.379 e. The molecule has 0 bridgehead atoms. The summed E-state index contributed by atoms with van der Waals surface area (Å²) in [4.78, 5) is 2.40. The molecule has 0 amide bonds. The first kappa shape index (κ1) is 11.0. The van der Waals surface area contributed by atoms with Gasteiger partial charge in [-0.1, -0.05) is 6.92 Å². The third kappa shape index (κ3) is 2.93. The topological polar surface area (TPSA) is 38.5 Å². The van der Waals surface area contributed by atoms with Gasteiger partial charge >= 0.3 is 0 Å². The Kier molecular flexibility index (Phi) is 3.71. The second kappa shape index (κ2) is 4.40. The van der Waals surface area contributed by atoms with Crippen LogP contribution in [0.25, 0.3) is 0 Å². The smallest absolute Gasteiger partial charge is 0.0659 e. The Labute approximate surface area is 81.2 Å². The highest BCUT2D eigenvalue weighted by molar-refractivity contribution is 4.91. The summed E-state index contributed by atoms with van der Waals surface area (Å²) in [6, 6.07) is 0.575. The fourth-order valence-corrected chi connectivity index (χ4v) is 1.81. The summed E-state index contributed by atoms with van der Waals surface area (Å²) in [5, 5.41) is 0. The second-order valence-corrected chi connectivity index (χ2v) is 4.32. The van der Waals surface area contributed by atoms with Crippen LogP contribution >= 0.6 is 0 Å². The van der Waals surface area contributed by atoms with Gasteiger partial charge in [0.2, 0.25) is 0 Å². The van der Waals surface area contributed by atoms with Crippen molar-refractivity contribution in [2.75, 3.05) is 26.3 Å². The van der Waals surface area contributed by atoms with Gasteiger partial charge in [0.25, 0.3) is 0 Å². The molecule has 0 aromatic heterocycles. The van der Waals surface area contributed by atoms with Gasteiger partial charge in [-0.25, -0.2) is 0 Å². The molecule has 0 aromatic carbocycles. The van der Waals surface area contributed by atoms with E-state index >= 15 is 0 Å². The molecule has 0 spiro atoms. The maximum Gasteiger partial charge on any atom is 0.0659 e. The summed E-state index contributed by atoms with van der Waals surface area (Å²) < 4.78 is 5.33. The van der Waals surface area contributed by atoms with E-state index in [0.29, 0.717) is 6.04 Å². The third-order valence-electron chi connectivity index (χ3n) is 2.79. The van der Waals surface area contributed by atoms with E-state index < -0.39 is 0 Å². The maximum atomic E-state index is 6.21. The average Bonchev–Trinajstić information content (AvgIpc) is 2.48. The van der Waals surface area contributed by atoms with Gasteiger partial charge in [-0.05, 0) is 26.8 Å². The van der Waals surface area contributed by atoms with Gasteiger partial charge in [0.05, 0.1) is 12.1 Å². The Morgan fingerprint density at radius 3 is 2.62 bits per heavy atom. The van der Waals surface area contributed by atoms with E-state index in [4.69, 9.17) is 10.5 Å². The first-order valence-electron chi connectivity index (χ1n) is 5.18. The van der Waals surface area contributed by atoms with Crippen molar-refractivity contribution in [2.45, 2.75) is 38.8 Å². The van der Waals surface area contributed by atoms with Crippen molar-refractivity contribution in [2.24, 2.45) is 5.73 Å². The van der Waals surface area contributed by atoms with E-state index in [1.165, 1.54) is 0 Å². The molecule has 1 aliphatic rings. The van der Waals surface area contributed by atoms with Gasteiger partial charge in [-0.3, -0.25) is 4.90 Å². The van der Waals surface area contributed by atoms with E-state index in [9.17, 15) is 0 Å². The summed E-state index contributed by atoms with van der Waals surface area (Å²) in [6.07, 6.45) is 0.996. The van der Waals surface area contributed by atoms with Gasteiger partial charge in [0.1, 0.15) is 0 Å². The minimum atomic E-state index is -0.0969. The van der Waals surface area contributed by atoms with E-state index in [1.807, 2.05) is 0 Å². The molecule has 1 unspecified atom stereocenters. The molecule has 13 heavy (non-hydrogen) atoms. The highest BCUT2D eigenvalue weighted by Crippen LogP contribution is 2.17. The zero-order valence-corrected chi connectivity index (χ0v) is 9.05. The Morgan fingerprint density at radius 1 is 1.54 bits per heavy atom. The Balaban J connectivity index is 2.44. The Hall–Kier alpha value is -0.120. The number of ether oxygens (including phenoxy) is 1. The van der Waals surface area contributed by atoms with Crippen LogP contribution in [-0.4, -0.2) is 42.8 Å². The summed E-state index contributed by atoms with van der Waals surface area (Å²) in [5.41, 5.74) is 6.11. The van der Waals surface area contributed by atoms with Crippen molar-refractivity contribution in [3.8, 4) is 0 Å². The minimum absolute atomic E-state index is 0.0969. The van der Waals surface area contributed by atoms with E-state index in [-0.39, 0.29) is 5.54 Å². The molecule has 1 heterocycles. The monoisotopic (exact) mass is 186 g/mol. The van der Waals surface area contributed by atoms with E-state index in [1.54, 1.807) is 0 Å². The fraction of sp³-hybridized carbons (Fsp3) is 1.00. The van der Waals surface area contributed by atoms with E-state index in [2.05, 4.69) is 25.7 Å². The summed E-state index contributed by atoms with van der Waals surface area (Å²) in [5.74, 6) is 0. The second-order valence-electron chi connectivity index (χ2n) is 4.32. The molecule has 1 aliphatic heterocycles. The number of nitrogens with zero attached hydrogens (tertiary/aromatic N) is 1. The lowest BCUT2D eigenvalue weighted by Gasteiger charge is -2.33. The van der Waals surface area contributed by atoms with Crippen LogP contribution < -0.4 is 5.73 Å². The number of nitrogens with two attached hydrogens (primary N) is 1. The lowest BCUT2D eigenvalue weighted by atomic mass is 9.99. The summed E-state index contributed by atoms with van der Waals surface area (Å²) >= 11 is 0. The quantitative estimate of drug-likeness (QED) is 0.707. The van der Waals surface area contributed by atoms with Crippen LogP contribution in [0.2, 0.25) is 0 Å². The molecule has 78 valence electrons. The first-order chi connectivity index (χ1) is 6.07.